The second-order valence-corrected chi connectivity index (χ2v) is 5.12. The quantitative estimate of drug-likeness (QED) is 0.715. The van der Waals surface area contributed by atoms with Crippen molar-refractivity contribution in [2.24, 2.45) is 0 Å². The van der Waals surface area contributed by atoms with Gasteiger partial charge in [0.05, 0.1) is 12.8 Å². The van der Waals surface area contributed by atoms with E-state index in [4.69, 9.17) is 4.42 Å². The summed E-state index contributed by atoms with van der Waals surface area (Å²) in [6, 6.07) is 21.9. The molecule has 23 heavy (non-hydrogen) atoms. The van der Waals surface area contributed by atoms with E-state index in [-0.39, 0.29) is 5.91 Å². The highest BCUT2D eigenvalue weighted by Gasteiger charge is 1.99. The molecule has 0 atom stereocenters. The van der Waals surface area contributed by atoms with Crippen LogP contribution in [0.1, 0.15) is 11.3 Å². The van der Waals surface area contributed by atoms with E-state index in [1.165, 1.54) is 11.6 Å². The van der Waals surface area contributed by atoms with Crippen molar-refractivity contribution in [1.29, 1.82) is 0 Å². The first-order valence-corrected chi connectivity index (χ1v) is 7.45. The van der Waals surface area contributed by atoms with E-state index in [0.29, 0.717) is 6.54 Å². The zero-order valence-corrected chi connectivity index (χ0v) is 12.6. The van der Waals surface area contributed by atoms with Gasteiger partial charge in [-0.1, -0.05) is 54.6 Å². The van der Waals surface area contributed by atoms with Crippen LogP contribution in [-0.4, -0.2) is 5.91 Å². The molecule has 3 rings (SSSR count). The monoisotopic (exact) mass is 303 g/mol. The Labute approximate surface area is 135 Å². The Morgan fingerprint density at radius 1 is 0.913 bits per heavy atom. The highest BCUT2D eigenvalue weighted by atomic mass is 16.3. The maximum Gasteiger partial charge on any atom is 0.244 e. The molecule has 1 aromatic heterocycles. The zero-order chi connectivity index (χ0) is 15.9. The van der Waals surface area contributed by atoms with Crippen molar-refractivity contribution >= 4 is 12.0 Å². The van der Waals surface area contributed by atoms with Crippen LogP contribution in [0.5, 0.6) is 0 Å². The van der Waals surface area contributed by atoms with Gasteiger partial charge in [0.25, 0.3) is 0 Å². The molecule has 0 unspecified atom stereocenters. The number of rotatable bonds is 5. The zero-order valence-electron chi connectivity index (χ0n) is 12.6. The van der Waals surface area contributed by atoms with Crippen LogP contribution in [0, 0.1) is 0 Å². The first-order chi connectivity index (χ1) is 11.3. The smallest absolute Gasteiger partial charge is 0.244 e. The molecule has 1 heterocycles. The molecular formula is C20H17NO2. The summed E-state index contributed by atoms with van der Waals surface area (Å²) < 4.78 is 5.16. The molecule has 3 nitrogen and oxygen atoms in total. The Hall–Kier alpha value is -3.07. The molecule has 2 aromatic carbocycles. The van der Waals surface area contributed by atoms with Crippen molar-refractivity contribution in [2.75, 3.05) is 0 Å². The van der Waals surface area contributed by atoms with Crippen LogP contribution in [0.4, 0.5) is 0 Å². The molecule has 0 bridgehead atoms. The number of carbonyl (C=O) groups is 1. The van der Waals surface area contributed by atoms with Crippen molar-refractivity contribution in [3.05, 3.63) is 90.4 Å². The molecule has 1 N–H and O–H groups in total. The van der Waals surface area contributed by atoms with Gasteiger partial charge in [-0.2, -0.15) is 0 Å². The van der Waals surface area contributed by atoms with Crippen molar-refractivity contribution in [2.45, 2.75) is 6.54 Å². The summed E-state index contributed by atoms with van der Waals surface area (Å²) in [5.41, 5.74) is 3.32. The fourth-order valence-corrected chi connectivity index (χ4v) is 2.24. The molecule has 1 amide bonds. The lowest BCUT2D eigenvalue weighted by molar-refractivity contribution is -0.116. The van der Waals surface area contributed by atoms with Crippen molar-refractivity contribution in [1.82, 2.24) is 5.32 Å². The van der Waals surface area contributed by atoms with Crippen molar-refractivity contribution in [3.63, 3.8) is 0 Å². The molecule has 0 saturated heterocycles. The first-order valence-electron chi connectivity index (χ1n) is 7.45. The molecule has 0 fully saturated rings. The Kier molecular flexibility index (Phi) is 4.69. The third-order valence-electron chi connectivity index (χ3n) is 3.46. The largest absolute Gasteiger partial charge is 0.467 e. The van der Waals surface area contributed by atoms with Gasteiger partial charge >= 0.3 is 0 Å². The third kappa shape index (κ3) is 4.20. The summed E-state index contributed by atoms with van der Waals surface area (Å²) in [7, 11) is 0. The van der Waals surface area contributed by atoms with E-state index in [1.807, 2.05) is 36.4 Å². The van der Waals surface area contributed by atoms with Crippen LogP contribution in [0.3, 0.4) is 0 Å². The van der Waals surface area contributed by atoms with Crippen LogP contribution >= 0.6 is 0 Å². The number of amides is 1. The predicted molar refractivity (Wildman–Crippen MR) is 91.5 cm³/mol. The molecular weight excluding hydrogens is 286 g/mol. The summed E-state index contributed by atoms with van der Waals surface area (Å²) in [4.78, 5) is 11.8. The second-order valence-electron chi connectivity index (χ2n) is 5.12. The van der Waals surface area contributed by atoms with Gasteiger partial charge in [0.2, 0.25) is 5.91 Å². The van der Waals surface area contributed by atoms with E-state index in [2.05, 4.69) is 29.6 Å². The van der Waals surface area contributed by atoms with Gasteiger partial charge in [-0.25, -0.2) is 0 Å². The topological polar surface area (TPSA) is 42.2 Å². The van der Waals surface area contributed by atoms with Gasteiger partial charge in [-0.05, 0) is 34.9 Å². The van der Waals surface area contributed by atoms with Gasteiger partial charge in [0, 0.05) is 6.08 Å². The minimum atomic E-state index is -0.145. The van der Waals surface area contributed by atoms with E-state index in [1.54, 1.807) is 18.4 Å². The maximum absolute atomic E-state index is 11.8. The summed E-state index contributed by atoms with van der Waals surface area (Å²) in [5.74, 6) is 0.590. The lowest BCUT2D eigenvalue weighted by atomic mass is 10.0. The number of benzene rings is 2. The fourth-order valence-electron chi connectivity index (χ4n) is 2.24. The summed E-state index contributed by atoms with van der Waals surface area (Å²) in [6.45, 7) is 0.392. The molecule has 0 aliphatic heterocycles. The molecule has 114 valence electrons. The van der Waals surface area contributed by atoms with Gasteiger partial charge < -0.3 is 9.73 Å². The van der Waals surface area contributed by atoms with Crippen LogP contribution in [0.2, 0.25) is 0 Å². The van der Waals surface area contributed by atoms with Gasteiger partial charge in [-0.3, -0.25) is 4.79 Å². The number of hydrogen-bond acceptors (Lipinski definition) is 2. The Morgan fingerprint density at radius 2 is 1.65 bits per heavy atom. The molecule has 0 aliphatic rings. The average Bonchev–Trinajstić information content (AvgIpc) is 3.13. The van der Waals surface area contributed by atoms with E-state index >= 15 is 0 Å². The SMILES string of the molecule is O=C(C=Cc1ccc(-c2ccccc2)cc1)NCc1ccco1. The maximum atomic E-state index is 11.8. The Balaban J connectivity index is 1.58. The highest BCUT2D eigenvalue weighted by molar-refractivity contribution is 5.91. The van der Waals surface area contributed by atoms with Gasteiger partial charge in [-0.15, -0.1) is 0 Å². The fraction of sp³-hybridized carbons (Fsp3) is 0.0500. The first kappa shape index (κ1) is 14.9. The molecule has 0 spiro atoms. The van der Waals surface area contributed by atoms with E-state index in [0.717, 1.165) is 16.9 Å². The minimum absolute atomic E-state index is 0.145. The average molecular weight is 303 g/mol. The standard InChI is InChI=1S/C20H17NO2/c22-20(21-15-19-7-4-14-23-19)13-10-16-8-11-18(12-9-16)17-5-2-1-3-6-17/h1-14H,15H2,(H,21,22). The van der Waals surface area contributed by atoms with Crippen LogP contribution in [0.15, 0.2) is 83.5 Å². The lowest BCUT2D eigenvalue weighted by Gasteiger charge is -2.02. The third-order valence-corrected chi connectivity index (χ3v) is 3.46. The lowest BCUT2D eigenvalue weighted by Crippen LogP contribution is -2.19. The Morgan fingerprint density at radius 3 is 2.35 bits per heavy atom. The van der Waals surface area contributed by atoms with E-state index in [9.17, 15) is 4.79 Å². The number of nitrogens with one attached hydrogen (secondary N) is 1. The van der Waals surface area contributed by atoms with Crippen LogP contribution < -0.4 is 5.32 Å². The van der Waals surface area contributed by atoms with Crippen molar-refractivity contribution in [3.8, 4) is 11.1 Å². The minimum Gasteiger partial charge on any atom is -0.467 e. The van der Waals surface area contributed by atoms with Crippen LogP contribution in [0.25, 0.3) is 17.2 Å². The normalized spacial score (nSPS) is 10.8. The van der Waals surface area contributed by atoms with Gasteiger partial charge in [0.15, 0.2) is 0 Å². The summed E-state index contributed by atoms with van der Waals surface area (Å²) in [6.07, 6.45) is 4.92. The second kappa shape index (κ2) is 7.27. The summed E-state index contributed by atoms with van der Waals surface area (Å²) >= 11 is 0. The molecule has 3 aromatic rings. The van der Waals surface area contributed by atoms with Gasteiger partial charge in [0.1, 0.15) is 5.76 Å². The highest BCUT2D eigenvalue weighted by Crippen LogP contribution is 2.19. The predicted octanol–water partition coefficient (Wildman–Crippen LogP) is 4.28. The molecule has 0 aliphatic carbocycles. The molecule has 0 saturated carbocycles. The van der Waals surface area contributed by atoms with E-state index < -0.39 is 0 Å². The number of hydrogen-bond donors (Lipinski definition) is 1. The van der Waals surface area contributed by atoms with Crippen molar-refractivity contribution < 1.29 is 9.21 Å². The number of carbonyl (C=O) groups excluding carboxylic acids is 1. The number of furan rings is 1. The molecule has 3 heteroatoms. The van der Waals surface area contributed by atoms with Crippen LogP contribution in [-0.2, 0) is 11.3 Å². The Bertz CT molecular complexity index is 772. The molecule has 0 radical (unpaired) electrons. The summed E-state index contributed by atoms with van der Waals surface area (Å²) in [5, 5.41) is 2.77.